The van der Waals surface area contributed by atoms with E-state index < -0.39 is 0 Å². The third-order valence-electron chi connectivity index (χ3n) is 5.65. The topological polar surface area (TPSA) is 64.0 Å². The van der Waals surface area contributed by atoms with Gasteiger partial charge in [0.05, 0.1) is 17.4 Å². The number of amides is 1. The number of aryl methyl sites for hydroxylation is 1. The Labute approximate surface area is 225 Å². The fraction of sp³-hybridized carbons (Fsp3) is 0.107. The van der Waals surface area contributed by atoms with Crippen LogP contribution in [0.3, 0.4) is 0 Å². The van der Waals surface area contributed by atoms with E-state index in [0.717, 1.165) is 36.7 Å². The van der Waals surface area contributed by atoms with Crippen LogP contribution in [0.1, 0.15) is 11.8 Å². The van der Waals surface area contributed by atoms with E-state index in [1.54, 1.807) is 11.8 Å². The molecule has 5 aromatic rings. The number of benzene rings is 3. The third-order valence-corrected chi connectivity index (χ3v) is 8.51. The zero-order valence-electron chi connectivity index (χ0n) is 19.4. The van der Waals surface area contributed by atoms with Gasteiger partial charge in [0.2, 0.25) is 5.91 Å². The summed E-state index contributed by atoms with van der Waals surface area (Å²) in [6, 6.07) is 25.6. The smallest absolute Gasteiger partial charge is 0.263 e. The number of hydrogen-bond acceptors (Lipinski definition) is 5. The average molecular weight is 577 g/mol. The Morgan fingerprint density at radius 1 is 1.03 bits per heavy atom. The maximum atomic E-state index is 13.6. The molecule has 2 aromatic heterocycles. The van der Waals surface area contributed by atoms with Gasteiger partial charge < -0.3 is 5.32 Å². The van der Waals surface area contributed by atoms with Gasteiger partial charge in [0.1, 0.15) is 11.4 Å². The highest BCUT2D eigenvalue weighted by atomic mass is 79.9. The second-order valence-corrected chi connectivity index (χ2v) is 11.2. The monoisotopic (exact) mass is 575 g/mol. The summed E-state index contributed by atoms with van der Waals surface area (Å²) in [5.74, 6) is -0.282. The maximum Gasteiger partial charge on any atom is 0.263 e. The first-order valence-corrected chi connectivity index (χ1v) is 13.8. The van der Waals surface area contributed by atoms with E-state index in [2.05, 4.69) is 33.2 Å². The zero-order chi connectivity index (χ0) is 25.1. The molecule has 8 heteroatoms. The largest absolute Gasteiger partial charge is 0.323 e. The van der Waals surface area contributed by atoms with E-state index in [1.807, 2.05) is 78.9 Å². The Bertz CT molecular complexity index is 1600. The molecule has 180 valence electrons. The molecule has 1 N–H and O–H groups in total. The summed E-state index contributed by atoms with van der Waals surface area (Å²) in [7, 11) is 0. The normalized spacial score (nSPS) is 11.1. The van der Waals surface area contributed by atoms with Crippen molar-refractivity contribution in [3.8, 4) is 11.1 Å². The van der Waals surface area contributed by atoms with E-state index in [4.69, 9.17) is 0 Å². The van der Waals surface area contributed by atoms with Crippen LogP contribution in [0.5, 0.6) is 0 Å². The molecule has 36 heavy (non-hydrogen) atoms. The highest BCUT2D eigenvalue weighted by Gasteiger charge is 2.19. The minimum Gasteiger partial charge on any atom is -0.323 e. The highest BCUT2D eigenvalue weighted by molar-refractivity contribution is 9.10. The fourth-order valence-corrected chi connectivity index (χ4v) is 6.25. The lowest BCUT2D eigenvalue weighted by Gasteiger charge is -2.12. The van der Waals surface area contributed by atoms with Crippen LogP contribution in [-0.2, 0) is 17.8 Å². The molecule has 3 aromatic carbocycles. The minimum atomic E-state index is -0.282. The molecule has 2 heterocycles. The molecule has 0 fully saturated rings. The lowest BCUT2D eigenvalue weighted by Crippen LogP contribution is -2.28. The number of nitrogens with zero attached hydrogens (tertiary/aromatic N) is 2. The predicted molar refractivity (Wildman–Crippen MR) is 152 cm³/mol. The molecule has 0 unspecified atom stereocenters. The molecule has 0 saturated heterocycles. The quantitative estimate of drug-likeness (QED) is 0.222. The molecule has 0 spiro atoms. The maximum absolute atomic E-state index is 13.6. The number of carbonyl (C=O) groups excluding carboxylic acids is 1. The van der Waals surface area contributed by atoms with Gasteiger partial charge in [-0.1, -0.05) is 77.1 Å². The van der Waals surface area contributed by atoms with Gasteiger partial charge in [-0.2, -0.15) is 0 Å². The average Bonchev–Trinajstić information content (AvgIpc) is 3.27. The number of nitrogens with one attached hydrogen (secondary N) is 1. The van der Waals surface area contributed by atoms with Gasteiger partial charge in [-0.15, -0.1) is 11.3 Å². The first-order valence-electron chi connectivity index (χ1n) is 11.4. The summed E-state index contributed by atoms with van der Waals surface area (Å²) in [5.41, 5.74) is 2.37. The van der Waals surface area contributed by atoms with Gasteiger partial charge in [0, 0.05) is 24.7 Å². The first-order chi connectivity index (χ1) is 17.5. The van der Waals surface area contributed by atoms with E-state index >= 15 is 0 Å². The van der Waals surface area contributed by atoms with Gasteiger partial charge >= 0.3 is 0 Å². The van der Waals surface area contributed by atoms with Gasteiger partial charge in [-0.05, 0) is 48.4 Å². The Morgan fingerprint density at radius 2 is 1.75 bits per heavy atom. The number of thiophene rings is 1. The first kappa shape index (κ1) is 24.5. The number of halogens is 1. The van der Waals surface area contributed by atoms with Gasteiger partial charge in [-0.3, -0.25) is 14.2 Å². The van der Waals surface area contributed by atoms with Crippen LogP contribution in [-0.4, -0.2) is 15.5 Å². The molecule has 0 radical (unpaired) electrons. The van der Waals surface area contributed by atoms with Crippen molar-refractivity contribution in [2.24, 2.45) is 0 Å². The van der Waals surface area contributed by atoms with Crippen molar-refractivity contribution in [3.63, 3.8) is 0 Å². The van der Waals surface area contributed by atoms with Gasteiger partial charge in [0.25, 0.3) is 5.56 Å². The summed E-state index contributed by atoms with van der Waals surface area (Å²) in [6.07, 6.45) is 2.26. The van der Waals surface area contributed by atoms with Crippen molar-refractivity contribution in [2.75, 3.05) is 5.32 Å². The Morgan fingerprint density at radius 3 is 2.50 bits per heavy atom. The van der Waals surface area contributed by atoms with E-state index in [0.29, 0.717) is 15.9 Å². The summed E-state index contributed by atoms with van der Waals surface area (Å²) in [5, 5.41) is 3.54. The Kier molecular flexibility index (Phi) is 7.36. The molecule has 0 bridgehead atoms. The molecular formula is C28H22BrN3O2S2. The third kappa shape index (κ3) is 5.16. The Balaban J connectivity index is 1.44. The van der Waals surface area contributed by atoms with Crippen molar-refractivity contribution in [3.05, 3.63) is 105 Å². The predicted octanol–water partition coefficient (Wildman–Crippen LogP) is 7.24. The fourth-order valence-electron chi connectivity index (χ4n) is 3.97. The number of aromatic nitrogens is 2. The van der Waals surface area contributed by atoms with Crippen molar-refractivity contribution in [2.45, 2.75) is 29.7 Å². The van der Waals surface area contributed by atoms with Crippen molar-refractivity contribution in [1.82, 2.24) is 9.55 Å². The lowest BCUT2D eigenvalue weighted by atomic mass is 10.0. The molecule has 0 saturated carbocycles. The van der Waals surface area contributed by atoms with Gasteiger partial charge in [0.15, 0.2) is 0 Å². The highest BCUT2D eigenvalue weighted by Crippen LogP contribution is 2.37. The summed E-state index contributed by atoms with van der Waals surface area (Å²) in [4.78, 5) is 34.9. The Hall–Kier alpha value is -3.20. The van der Waals surface area contributed by atoms with Crippen LogP contribution in [0.15, 0.2) is 104 Å². The van der Waals surface area contributed by atoms with Crippen LogP contribution in [0.2, 0.25) is 0 Å². The van der Waals surface area contributed by atoms with E-state index in [9.17, 15) is 9.59 Å². The molecule has 0 aliphatic rings. The van der Waals surface area contributed by atoms with E-state index in [-0.39, 0.29) is 18.0 Å². The molecule has 5 rings (SSSR count). The van der Waals surface area contributed by atoms with Gasteiger partial charge in [-0.25, -0.2) is 4.98 Å². The van der Waals surface area contributed by atoms with Crippen molar-refractivity contribution >= 4 is 60.8 Å². The number of carbonyl (C=O) groups is 1. The number of rotatable bonds is 7. The van der Waals surface area contributed by atoms with Crippen LogP contribution in [0, 0.1) is 0 Å². The summed E-state index contributed by atoms with van der Waals surface area (Å²) < 4.78 is 2.36. The SMILES string of the molecule is CCc1sc2ncn(CC(=O)Nc3ccccc3Sc3ccccc3)c(=O)c2c1-c1ccc(Br)cc1. The van der Waals surface area contributed by atoms with Crippen molar-refractivity contribution < 1.29 is 4.79 Å². The number of para-hydroxylation sites is 1. The molecule has 0 aliphatic heterocycles. The zero-order valence-corrected chi connectivity index (χ0v) is 22.6. The second-order valence-electron chi connectivity index (χ2n) is 8.08. The van der Waals surface area contributed by atoms with Crippen LogP contribution < -0.4 is 10.9 Å². The van der Waals surface area contributed by atoms with E-state index in [1.165, 1.54) is 22.2 Å². The minimum absolute atomic E-state index is 0.122. The lowest BCUT2D eigenvalue weighted by molar-refractivity contribution is -0.116. The molecule has 0 aliphatic carbocycles. The van der Waals surface area contributed by atoms with Crippen LogP contribution in [0.25, 0.3) is 21.3 Å². The number of fused-ring (bicyclic) bond motifs is 1. The molecular weight excluding hydrogens is 554 g/mol. The summed E-state index contributed by atoms with van der Waals surface area (Å²) >= 11 is 6.58. The summed E-state index contributed by atoms with van der Waals surface area (Å²) in [6.45, 7) is 1.95. The molecule has 1 amide bonds. The van der Waals surface area contributed by atoms with Crippen LogP contribution in [0.4, 0.5) is 5.69 Å². The molecule has 0 atom stereocenters. The van der Waals surface area contributed by atoms with Crippen molar-refractivity contribution in [1.29, 1.82) is 0 Å². The molecule has 5 nitrogen and oxygen atoms in total. The standard InChI is InChI=1S/C28H22BrN3O2S2/c1-2-22-25(18-12-14-19(29)15-13-18)26-27(36-22)30-17-32(28(26)34)16-24(33)31-21-10-6-7-11-23(21)35-20-8-4-3-5-9-20/h3-15,17H,2,16H2,1H3,(H,31,33). The van der Waals surface area contributed by atoms with Crippen LogP contribution >= 0.6 is 39.0 Å². The second kappa shape index (κ2) is 10.8. The number of hydrogen-bond donors (Lipinski definition) is 1. The number of anilines is 1.